The Morgan fingerprint density at radius 3 is 1.78 bits per heavy atom. The van der Waals surface area contributed by atoms with Crippen molar-refractivity contribution in [2.24, 2.45) is 0 Å². The molecule has 0 saturated carbocycles. The topological polar surface area (TPSA) is 51.8 Å². The molecular weight excluding hydrogens is 340 g/mol. The van der Waals surface area contributed by atoms with Crippen LogP contribution in [0.1, 0.15) is 6.92 Å². The van der Waals surface area contributed by atoms with Crippen LogP contribution in [0.25, 0.3) is 0 Å². The summed E-state index contributed by atoms with van der Waals surface area (Å²) in [5, 5.41) is 6.90. The molecule has 0 saturated heterocycles. The molecule has 140 valence electrons. The Morgan fingerprint density at radius 2 is 1.26 bits per heavy atom. The maximum atomic E-state index is 5.82. The summed E-state index contributed by atoms with van der Waals surface area (Å²) in [6, 6.07) is 21.5. The zero-order valence-electron chi connectivity index (χ0n) is 15.8. The average molecular weight is 364 g/mol. The van der Waals surface area contributed by atoms with Crippen molar-refractivity contribution < 1.29 is 14.2 Å². The minimum absolute atomic E-state index is 0.587. The minimum Gasteiger partial charge on any atom is -0.497 e. The fourth-order valence-corrected chi connectivity index (χ4v) is 2.69. The van der Waals surface area contributed by atoms with E-state index in [2.05, 4.69) is 10.6 Å². The second kappa shape index (κ2) is 8.85. The quantitative estimate of drug-likeness (QED) is 0.546. The van der Waals surface area contributed by atoms with Gasteiger partial charge in [-0.1, -0.05) is 6.07 Å². The van der Waals surface area contributed by atoms with Gasteiger partial charge in [-0.25, -0.2) is 0 Å². The van der Waals surface area contributed by atoms with E-state index in [0.29, 0.717) is 6.61 Å². The molecule has 0 amide bonds. The Morgan fingerprint density at radius 1 is 0.704 bits per heavy atom. The second-order valence-electron chi connectivity index (χ2n) is 5.82. The Kier molecular flexibility index (Phi) is 6.05. The molecule has 0 radical (unpaired) electrons. The van der Waals surface area contributed by atoms with Crippen molar-refractivity contribution >= 4 is 22.7 Å². The van der Waals surface area contributed by atoms with Gasteiger partial charge >= 0.3 is 0 Å². The highest BCUT2D eigenvalue weighted by Crippen LogP contribution is 2.37. The first kappa shape index (κ1) is 18.5. The van der Waals surface area contributed by atoms with Crippen molar-refractivity contribution in [3.05, 3.63) is 66.7 Å². The van der Waals surface area contributed by atoms with E-state index < -0.39 is 0 Å². The molecule has 0 aliphatic heterocycles. The Hall–Kier alpha value is -3.34. The fraction of sp³-hybridized carbons (Fsp3) is 0.182. The van der Waals surface area contributed by atoms with Crippen LogP contribution in [0.2, 0.25) is 0 Å². The van der Waals surface area contributed by atoms with Crippen LogP contribution in [0, 0.1) is 0 Å². The number of methoxy groups -OCH3 is 2. The smallest absolute Gasteiger partial charge is 0.144 e. The zero-order valence-corrected chi connectivity index (χ0v) is 15.8. The average Bonchev–Trinajstić information content (AvgIpc) is 2.71. The molecule has 0 aromatic heterocycles. The summed E-state index contributed by atoms with van der Waals surface area (Å²) in [7, 11) is 3.31. The number of anilines is 4. The van der Waals surface area contributed by atoms with Gasteiger partial charge in [-0.05, 0) is 67.6 Å². The van der Waals surface area contributed by atoms with E-state index in [9.17, 15) is 0 Å². The molecule has 2 N–H and O–H groups in total. The van der Waals surface area contributed by atoms with Crippen molar-refractivity contribution in [2.45, 2.75) is 6.92 Å². The third-order valence-electron chi connectivity index (χ3n) is 4.05. The lowest BCUT2D eigenvalue weighted by atomic mass is 10.2. The normalized spacial score (nSPS) is 10.2. The summed E-state index contributed by atoms with van der Waals surface area (Å²) in [5.41, 5.74) is 3.70. The summed E-state index contributed by atoms with van der Waals surface area (Å²) in [6.45, 7) is 2.56. The molecule has 0 fully saturated rings. The molecule has 5 nitrogen and oxygen atoms in total. The lowest BCUT2D eigenvalue weighted by molar-refractivity contribution is 0.342. The molecule has 0 aliphatic carbocycles. The Labute approximate surface area is 159 Å². The van der Waals surface area contributed by atoms with Gasteiger partial charge in [-0.2, -0.15) is 0 Å². The number of benzene rings is 3. The molecule has 5 heteroatoms. The Balaban J connectivity index is 1.90. The zero-order chi connectivity index (χ0) is 19.1. The van der Waals surface area contributed by atoms with Crippen molar-refractivity contribution in [3.63, 3.8) is 0 Å². The van der Waals surface area contributed by atoms with Crippen LogP contribution in [0.3, 0.4) is 0 Å². The van der Waals surface area contributed by atoms with Crippen LogP contribution in [0.4, 0.5) is 22.7 Å². The molecule has 0 heterocycles. The van der Waals surface area contributed by atoms with Gasteiger partial charge in [0.25, 0.3) is 0 Å². The summed E-state index contributed by atoms with van der Waals surface area (Å²) in [6.07, 6.45) is 0. The summed E-state index contributed by atoms with van der Waals surface area (Å²) in [5.74, 6) is 2.42. The van der Waals surface area contributed by atoms with Crippen molar-refractivity contribution in [1.82, 2.24) is 0 Å². The molecule has 3 aromatic rings. The van der Waals surface area contributed by atoms with E-state index in [1.807, 2.05) is 73.7 Å². The first-order valence-corrected chi connectivity index (χ1v) is 8.81. The van der Waals surface area contributed by atoms with E-state index in [4.69, 9.17) is 14.2 Å². The highest BCUT2D eigenvalue weighted by molar-refractivity contribution is 5.83. The van der Waals surface area contributed by atoms with Crippen LogP contribution < -0.4 is 24.8 Å². The van der Waals surface area contributed by atoms with E-state index in [-0.39, 0.29) is 0 Å². The molecule has 3 aromatic carbocycles. The Bertz CT molecular complexity index is 862. The van der Waals surface area contributed by atoms with Gasteiger partial charge < -0.3 is 24.8 Å². The van der Waals surface area contributed by atoms with Gasteiger partial charge in [0.15, 0.2) is 0 Å². The monoisotopic (exact) mass is 364 g/mol. The van der Waals surface area contributed by atoms with E-state index in [1.54, 1.807) is 14.2 Å². The number of hydrogen-bond acceptors (Lipinski definition) is 5. The standard InChI is InChI=1S/C22H24N2O3/c1-4-27-21-7-5-6-20(23-16-8-12-18(25-2)13-9-16)22(21)24-17-10-14-19(26-3)15-11-17/h5-15,23-24H,4H2,1-3H3. The largest absolute Gasteiger partial charge is 0.497 e. The van der Waals surface area contributed by atoms with Gasteiger partial charge in [-0.15, -0.1) is 0 Å². The first-order valence-electron chi connectivity index (χ1n) is 8.81. The van der Waals surface area contributed by atoms with Crippen LogP contribution in [-0.4, -0.2) is 20.8 Å². The summed E-state index contributed by atoms with van der Waals surface area (Å²) in [4.78, 5) is 0. The van der Waals surface area contributed by atoms with Crippen molar-refractivity contribution in [1.29, 1.82) is 0 Å². The van der Waals surface area contributed by atoms with Crippen LogP contribution in [0.15, 0.2) is 66.7 Å². The number of ether oxygens (including phenoxy) is 3. The predicted octanol–water partition coefficient (Wildman–Crippen LogP) is 5.59. The third kappa shape index (κ3) is 4.64. The molecule has 3 rings (SSSR count). The fourth-order valence-electron chi connectivity index (χ4n) is 2.69. The number of hydrogen-bond donors (Lipinski definition) is 2. The highest BCUT2D eigenvalue weighted by atomic mass is 16.5. The van der Waals surface area contributed by atoms with Gasteiger partial charge in [0.2, 0.25) is 0 Å². The second-order valence-corrected chi connectivity index (χ2v) is 5.82. The third-order valence-corrected chi connectivity index (χ3v) is 4.05. The van der Waals surface area contributed by atoms with E-state index in [1.165, 1.54) is 0 Å². The van der Waals surface area contributed by atoms with Gasteiger partial charge in [0, 0.05) is 11.4 Å². The van der Waals surface area contributed by atoms with Crippen molar-refractivity contribution in [3.8, 4) is 17.2 Å². The van der Waals surface area contributed by atoms with Crippen LogP contribution >= 0.6 is 0 Å². The van der Waals surface area contributed by atoms with Gasteiger partial charge in [0.05, 0.1) is 26.5 Å². The maximum absolute atomic E-state index is 5.82. The molecule has 27 heavy (non-hydrogen) atoms. The molecule has 0 aliphatic rings. The molecule has 0 spiro atoms. The number of rotatable bonds is 8. The molecule has 0 atom stereocenters. The van der Waals surface area contributed by atoms with E-state index in [0.717, 1.165) is 40.0 Å². The summed E-state index contributed by atoms with van der Waals surface area (Å²) < 4.78 is 16.3. The molecular formula is C22H24N2O3. The van der Waals surface area contributed by atoms with Crippen LogP contribution in [0.5, 0.6) is 17.2 Å². The van der Waals surface area contributed by atoms with Gasteiger partial charge in [0.1, 0.15) is 22.9 Å². The van der Waals surface area contributed by atoms with Crippen LogP contribution in [-0.2, 0) is 0 Å². The molecule has 0 bridgehead atoms. The predicted molar refractivity (Wildman–Crippen MR) is 110 cm³/mol. The SMILES string of the molecule is CCOc1cccc(Nc2ccc(OC)cc2)c1Nc1ccc(OC)cc1. The van der Waals surface area contributed by atoms with Crippen molar-refractivity contribution in [2.75, 3.05) is 31.5 Å². The van der Waals surface area contributed by atoms with E-state index >= 15 is 0 Å². The lowest BCUT2D eigenvalue weighted by Crippen LogP contribution is -2.02. The number of nitrogens with one attached hydrogen (secondary N) is 2. The first-order chi connectivity index (χ1) is 13.2. The molecule has 0 unspecified atom stereocenters. The van der Waals surface area contributed by atoms with Gasteiger partial charge in [-0.3, -0.25) is 0 Å². The lowest BCUT2D eigenvalue weighted by Gasteiger charge is -2.18. The number of para-hydroxylation sites is 1. The minimum atomic E-state index is 0.587. The maximum Gasteiger partial charge on any atom is 0.144 e. The highest BCUT2D eigenvalue weighted by Gasteiger charge is 2.11. The summed E-state index contributed by atoms with van der Waals surface area (Å²) >= 11 is 0.